The Bertz CT molecular complexity index is 961. The summed E-state index contributed by atoms with van der Waals surface area (Å²) in [5.41, 5.74) is 1.52. The summed E-state index contributed by atoms with van der Waals surface area (Å²) < 4.78 is 11.3. The molecule has 2 amide bonds. The third-order valence-electron chi connectivity index (χ3n) is 4.41. The van der Waals surface area contributed by atoms with Gasteiger partial charge in [-0.05, 0) is 24.3 Å². The number of carbonyl (C=O) groups is 1. The summed E-state index contributed by atoms with van der Waals surface area (Å²) in [5, 5.41) is 7.47. The minimum atomic E-state index is -0.0906. The molecule has 1 fully saturated rings. The van der Waals surface area contributed by atoms with Gasteiger partial charge in [-0.25, -0.2) is 9.78 Å². The summed E-state index contributed by atoms with van der Waals surface area (Å²) in [6.07, 6.45) is 1.64. The topological polar surface area (TPSA) is 79.6 Å². The van der Waals surface area contributed by atoms with Crippen LogP contribution in [0.1, 0.15) is 5.76 Å². The average Bonchev–Trinajstić information content (AvgIpc) is 3.28. The number of fused-ring (bicyclic) bond motifs is 1. The number of rotatable bonds is 6. The molecule has 1 aromatic carbocycles. The second kappa shape index (κ2) is 7.36. The molecule has 140 valence electrons. The lowest BCUT2D eigenvalue weighted by molar-refractivity contribution is 0.225. The maximum atomic E-state index is 11.6. The van der Waals surface area contributed by atoms with Gasteiger partial charge in [0.1, 0.15) is 28.8 Å². The van der Waals surface area contributed by atoms with E-state index in [1.807, 2.05) is 30.3 Å². The number of halogens is 1. The zero-order chi connectivity index (χ0) is 18.8. The van der Waals surface area contributed by atoms with Crippen molar-refractivity contribution in [2.75, 3.05) is 25.5 Å². The van der Waals surface area contributed by atoms with Gasteiger partial charge in [-0.3, -0.25) is 0 Å². The molecule has 1 unspecified atom stereocenters. The largest absolute Gasteiger partial charge is 0.489 e. The molecular formula is C19H19ClN4O3. The van der Waals surface area contributed by atoms with Crippen molar-refractivity contribution in [3.05, 3.63) is 53.6 Å². The number of benzene rings is 1. The van der Waals surface area contributed by atoms with Crippen LogP contribution in [0.4, 0.5) is 10.5 Å². The fourth-order valence-corrected chi connectivity index (χ4v) is 3.27. The van der Waals surface area contributed by atoms with Gasteiger partial charge in [0, 0.05) is 24.7 Å². The van der Waals surface area contributed by atoms with Crippen molar-refractivity contribution in [3.8, 4) is 5.75 Å². The number of anilines is 1. The maximum Gasteiger partial charge on any atom is 0.317 e. The molecule has 2 N–H and O–H groups in total. The number of hydrogen-bond acceptors (Lipinski definition) is 5. The summed E-state index contributed by atoms with van der Waals surface area (Å²) in [4.78, 5) is 17.6. The Hall–Kier alpha value is -2.93. The molecule has 8 heteroatoms. The predicted octanol–water partition coefficient (Wildman–Crippen LogP) is 3.50. The van der Waals surface area contributed by atoms with E-state index in [9.17, 15) is 4.79 Å². The van der Waals surface area contributed by atoms with Crippen molar-refractivity contribution in [2.24, 2.45) is 0 Å². The van der Waals surface area contributed by atoms with Crippen LogP contribution in [-0.2, 0) is 6.54 Å². The molecular weight excluding hydrogens is 368 g/mol. The molecule has 1 aliphatic rings. The van der Waals surface area contributed by atoms with Crippen LogP contribution in [0.25, 0.3) is 10.9 Å². The van der Waals surface area contributed by atoms with E-state index in [4.69, 9.17) is 20.8 Å². The maximum absolute atomic E-state index is 11.6. The summed E-state index contributed by atoms with van der Waals surface area (Å²) >= 11 is 6.23. The molecule has 1 aliphatic heterocycles. The van der Waals surface area contributed by atoms with Crippen molar-refractivity contribution in [1.29, 1.82) is 0 Å². The second-order valence-electron chi connectivity index (χ2n) is 6.42. The number of para-hydroxylation sites is 1. The predicted molar refractivity (Wildman–Crippen MR) is 103 cm³/mol. The first-order chi connectivity index (χ1) is 13.1. The summed E-state index contributed by atoms with van der Waals surface area (Å²) in [5.74, 6) is 1.45. The Morgan fingerprint density at radius 2 is 2.30 bits per heavy atom. The minimum absolute atomic E-state index is 0.0616. The molecule has 1 saturated heterocycles. The van der Waals surface area contributed by atoms with Crippen LogP contribution >= 0.6 is 11.6 Å². The number of amides is 2. The number of urea groups is 1. The molecule has 3 aromatic rings. The van der Waals surface area contributed by atoms with E-state index < -0.39 is 0 Å². The quantitative estimate of drug-likeness (QED) is 0.634. The summed E-state index contributed by atoms with van der Waals surface area (Å²) in [6.45, 7) is 1.50. The van der Waals surface area contributed by atoms with Crippen LogP contribution in [0.15, 0.2) is 47.1 Å². The second-order valence-corrected chi connectivity index (χ2v) is 6.80. The van der Waals surface area contributed by atoms with E-state index in [0.717, 1.165) is 16.8 Å². The SMILES string of the molecule is CN1CC(COc2cccc3c(NCc4ccco4)cc(Cl)nc23)NC1=O. The lowest BCUT2D eigenvalue weighted by Crippen LogP contribution is -2.32. The van der Waals surface area contributed by atoms with Crippen LogP contribution in [0.5, 0.6) is 5.75 Å². The number of likely N-dealkylation sites (N-methyl/N-ethyl adjacent to an activating group) is 1. The molecule has 3 heterocycles. The number of nitrogens with one attached hydrogen (secondary N) is 2. The summed E-state index contributed by atoms with van der Waals surface area (Å²) in [6, 6.07) is 11.1. The lowest BCUT2D eigenvalue weighted by Gasteiger charge is -2.15. The number of ether oxygens (including phenoxy) is 1. The molecule has 1 atom stereocenters. The zero-order valence-corrected chi connectivity index (χ0v) is 15.5. The zero-order valence-electron chi connectivity index (χ0n) is 14.7. The first-order valence-corrected chi connectivity index (χ1v) is 8.98. The van der Waals surface area contributed by atoms with Crippen LogP contribution < -0.4 is 15.4 Å². The van der Waals surface area contributed by atoms with Crippen molar-refractivity contribution in [1.82, 2.24) is 15.2 Å². The first-order valence-electron chi connectivity index (χ1n) is 8.60. The molecule has 7 nitrogen and oxygen atoms in total. The number of nitrogens with zero attached hydrogens (tertiary/aromatic N) is 2. The van der Waals surface area contributed by atoms with Crippen LogP contribution in [0.3, 0.4) is 0 Å². The van der Waals surface area contributed by atoms with E-state index in [1.54, 1.807) is 24.3 Å². The van der Waals surface area contributed by atoms with Gasteiger partial charge in [-0.15, -0.1) is 0 Å². The molecule has 27 heavy (non-hydrogen) atoms. The highest BCUT2D eigenvalue weighted by Gasteiger charge is 2.26. The van der Waals surface area contributed by atoms with Gasteiger partial charge >= 0.3 is 6.03 Å². The molecule has 0 spiro atoms. The number of carbonyl (C=O) groups excluding carboxylic acids is 1. The first kappa shape index (κ1) is 17.5. The number of pyridine rings is 1. The van der Waals surface area contributed by atoms with E-state index in [1.165, 1.54) is 0 Å². The third-order valence-corrected chi connectivity index (χ3v) is 4.61. The lowest BCUT2D eigenvalue weighted by atomic mass is 10.1. The Morgan fingerprint density at radius 3 is 3.04 bits per heavy atom. The number of aromatic nitrogens is 1. The van der Waals surface area contributed by atoms with Gasteiger partial charge in [0.2, 0.25) is 0 Å². The molecule has 0 bridgehead atoms. The van der Waals surface area contributed by atoms with Gasteiger partial charge in [0.05, 0.1) is 18.8 Å². The Labute approximate surface area is 161 Å². The monoisotopic (exact) mass is 386 g/mol. The highest BCUT2D eigenvalue weighted by Crippen LogP contribution is 2.32. The van der Waals surface area contributed by atoms with Gasteiger partial charge in [-0.1, -0.05) is 23.7 Å². The Kier molecular flexibility index (Phi) is 4.77. The number of hydrogen-bond donors (Lipinski definition) is 2. The van der Waals surface area contributed by atoms with Gasteiger partial charge < -0.3 is 24.7 Å². The molecule has 0 aliphatic carbocycles. The van der Waals surface area contributed by atoms with Crippen molar-refractivity contribution in [2.45, 2.75) is 12.6 Å². The molecule has 0 saturated carbocycles. The fourth-order valence-electron chi connectivity index (χ4n) is 3.08. The Balaban J connectivity index is 1.56. The smallest absolute Gasteiger partial charge is 0.317 e. The van der Waals surface area contributed by atoms with Crippen LogP contribution in [0.2, 0.25) is 5.15 Å². The molecule has 4 rings (SSSR count). The highest BCUT2D eigenvalue weighted by atomic mass is 35.5. The van der Waals surface area contributed by atoms with Gasteiger partial charge in [0.15, 0.2) is 0 Å². The highest BCUT2D eigenvalue weighted by molar-refractivity contribution is 6.30. The van der Waals surface area contributed by atoms with E-state index in [2.05, 4.69) is 15.6 Å². The van der Waals surface area contributed by atoms with Crippen molar-refractivity contribution < 1.29 is 13.9 Å². The normalized spacial score (nSPS) is 16.6. The fraction of sp³-hybridized carbons (Fsp3) is 0.263. The van der Waals surface area contributed by atoms with Crippen LogP contribution in [0, 0.1) is 0 Å². The molecule has 2 aromatic heterocycles. The van der Waals surface area contributed by atoms with Gasteiger partial charge in [-0.2, -0.15) is 0 Å². The summed E-state index contributed by atoms with van der Waals surface area (Å²) in [7, 11) is 1.76. The molecule has 0 radical (unpaired) electrons. The van der Waals surface area contributed by atoms with Crippen LogP contribution in [-0.4, -0.2) is 42.2 Å². The minimum Gasteiger partial charge on any atom is -0.489 e. The average molecular weight is 387 g/mol. The van der Waals surface area contributed by atoms with Crippen molar-refractivity contribution in [3.63, 3.8) is 0 Å². The van der Waals surface area contributed by atoms with Crippen molar-refractivity contribution >= 4 is 34.2 Å². The van der Waals surface area contributed by atoms with E-state index in [0.29, 0.717) is 36.1 Å². The standard InChI is InChI=1S/C19H19ClN4O3/c1-24-10-12(22-19(24)25)11-27-16-6-2-5-14-15(8-17(20)23-18(14)16)21-9-13-4-3-7-26-13/h2-8,12H,9-11H2,1H3,(H,21,23)(H,22,25). The van der Waals surface area contributed by atoms with E-state index in [-0.39, 0.29) is 12.1 Å². The Morgan fingerprint density at radius 1 is 1.41 bits per heavy atom. The number of furan rings is 1. The van der Waals surface area contributed by atoms with E-state index >= 15 is 0 Å². The van der Waals surface area contributed by atoms with Gasteiger partial charge in [0.25, 0.3) is 0 Å². The third kappa shape index (κ3) is 3.78.